The van der Waals surface area contributed by atoms with Crippen LogP contribution < -0.4 is 16.4 Å². The van der Waals surface area contributed by atoms with Crippen LogP contribution in [0, 0.1) is 0 Å². The van der Waals surface area contributed by atoms with Gasteiger partial charge in [0.25, 0.3) is 17.7 Å². The summed E-state index contributed by atoms with van der Waals surface area (Å²) in [5, 5.41) is 15.1. The number of carboxylic acid groups (broad SMARTS) is 1. The number of primary amides is 1. The number of nitrogens with two attached hydrogens (primary N) is 1. The first-order chi connectivity index (χ1) is 21.9. The summed E-state index contributed by atoms with van der Waals surface area (Å²) in [6.07, 6.45) is -2.01. The van der Waals surface area contributed by atoms with Gasteiger partial charge in [-0.25, -0.2) is 19.7 Å². The quantitative estimate of drug-likeness (QED) is 0.168. The molecule has 3 heterocycles. The van der Waals surface area contributed by atoms with Crippen molar-refractivity contribution in [2.75, 3.05) is 10.6 Å². The van der Waals surface area contributed by atoms with Crippen molar-refractivity contribution in [1.29, 1.82) is 0 Å². The molecule has 0 atom stereocenters. The standard InChI is InChI=1S/C28H21N7O3S.C2HF3O2/c29-24(36)21-9-4-10-22-23(21)32-15-33-25(22)30-12-16-5-3-6-17(11-16)34-28-31-13-18(39-28)14-35-26(37)19-7-1-2-8-20(19)27(35)38;3-2(4,5)1(6)7/h1-11,13,15H,12,14H2,(H2,29,36)(H,31,34)(H,30,32,33);(H,6,7). The van der Waals surface area contributed by atoms with Crippen LogP contribution in [-0.2, 0) is 17.9 Å². The number of rotatable bonds is 8. The number of halogens is 3. The monoisotopic (exact) mass is 649 g/mol. The fraction of sp³-hybridized carbons (Fsp3) is 0.100. The smallest absolute Gasteiger partial charge is 0.475 e. The van der Waals surface area contributed by atoms with Crippen molar-refractivity contribution in [3.05, 3.63) is 106 Å². The molecule has 5 N–H and O–H groups in total. The Kier molecular flexibility index (Phi) is 8.90. The van der Waals surface area contributed by atoms with Crippen LogP contribution in [0.3, 0.4) is 0 Å². The molecule has 16 heteroatoms. The van der Waals surface area contributed by atoms with Crippen LogP contribution in [0.5, 0.6) is 0 Å². The van der Waals surface area contributed by atoms with Crippen LogP contribution in [0.4, 0.5) is 29.8 Å². The Hall–Kier alpha value is -5.90. The molecule has 3 amide bonds. The summed E-state index contributed by atoms with van der Waals surface area (Å²) in [5.74, 6) is -3.29. The lowest BCUT2D eigenvalue weighted by Crippen LogP contribution is -2.28. The number of hydrogen-bond acceptors (Lipinski definition) is 10. The lowest BCUT2D eigenvalue weighted by atomic mass is 10.1. The molecular formula is C30H22F3N7O5S. The molecule has 0 saturated carbocycles. The number of alkyl halides is 3. The van der Waals surface area contributed by atoms with Gasteiger partial charge in [-0.1, -0.05) is 41.7 Å². The average Bonchev–Trinajstić information content (AvgIpc) is 3.57. The molecular weight excluding hydrogens is 627 g/mol. The summed E-state index contributed by atoms with van der Waals surface area (Å²) in [5.41, 5.74) is 9.00. The summed E-state index contributed by atoms with van der Waals surface area (Å²) in [6.45, 7) is 0.644. The normalized spacial score (nSPS) is 12.4. The number of fused-ring (bicyclic) bond motifs is 2. The van der Waals surface area contributed by atoms with E-state index in [4.69, 9.17) is 15.6 Å². The molecule has 0 spiro atoms. The zero-order valence-electron chi connectivity index (χ0n) is 23.4. The summed E-state index contributed by atoms with van der Waals surface area (Å²) in [4.78, 5) is 61.0. The van der Waals surface area contributed by atoms with Gasteiger partial charge >= 0.3 is 12.1 Å². The molecule has 0 aliphatic carbocycles. The lowest BCUT2D eigenvalue weighted by Gasteiger charge is -2.12. The van der Waals surface area contributed by atoms with Crippen molar-refractivity contribution in [3.63, 3.8) is 0 Å². The molecule has 0 radical (unpaired) electrons. The zero-order valence-corrected chi connectivity index (χ0v) is 24.2. The summed E-state index contributed by atoms with van der Waals surface area (Å²) >= 11 is 1.38. The van der Waals surface area contributed by atoms with E-state index in [0.29, 0.717) is 45.1 Å². The Morgan fingerprint density at radius 2 is 1.61 bits per heavy atom. The first-order valence-electron chi connectivity index (χ1n) is 13.3. The number of aliphatic carboxylic acids is 1. The predicted molar refractivity (Wildman–Crippen MR) is 162 cm³/mol. The van der Waals surface area contributed by atoms with E-state index >= 15 is 0 Å². The number of carboxylic acids is 1. The molecule has 1 aliphatic rings. The van der Waals surface area contributed by atoms with Gasteiger partial charge in [0.15, 0.2) is 5.13 Å². The molecule has 0 bridgehead atoms. The number of nitrogens with one attached hydrogen (secondary N) is 2. The molecule has 0 unspecified atom stereocenters. The zero-order chi connectivity index (χ0) is 33.0. The minimum absolute atomic E-state index is 0.167. The van der Waals surface area contributed by atoms with Crippen LogP contribution in [0.1, 0.15) is 41.5 Å². The van der Waals surface area contributed by atoms with Crippen molar-refractivity contribution < 1.29 is 37.5 Å². The van der Waals surface area contributed by atoms with Crippen molar-refractivity contribution in [1.82, 2.24) is 19.9 Å². The summed E-state index contributed by atoms with van der Waals surface area (Å²) in [7, 11) is 0. The number of carbonyl (C=O) groups is 4. The van der Waals surface area contributed by atoms with Crippen molar-refractivity contribution in [2.45, 2.75) is 19.3 Å². The third kappa shape index (κ3) is 6.91. The van der Waals surface area contributed by atoms with Gasteiger partial charge in [-0.2, -0.15) is 13.2 Å². The largest absolute Gasteiger partial charge is 0.490 e. The van der Waals surface area contributed by atoms with Crippen LogP contribution in [0.15, 0.2) is 79.3 Å². The second-order valence-corrected chi connectivity index (χ2v) is 10.8. The number of hydrogen-bond donors (Lipinski definition) is 4. The molecule has 0 fully saturated rings. The van der Waals surface area contributed by atoms with Gasteiger partial charge in [-0.15, -0.1) is 0 Å². The van der Waals surface area contributed by atoms with E-state index in [9.17, 15) is 27.6 Å². The number of carbonyl (C=O) groups excluding carboxylic acids is 3. The highest BCUT2D eigenvalue weighted by atomic mass is 32.1. The molecule has 6 rings (SSSR count). The van der Waals surface area contributed by atoms with E-state index in [2.05, 4.69) is 25.6 Å². The van der Waals surface area contributed by atoms with Crippen LogP contribution >= 0.6 is 11.3 Å². The Bertz CT molecular complexity index is 1950. The SMILES string of the molecule is NC(=O)c1cccc2c(NCc3cccc(Nc4ncc(CN5C(=O)c6ccccc6C5=O)s4)c3)ncnc12.O=C(O)C(F)(F)F. The fourth-order valence-electron chi connectivity index (χ4n) is 4.47. The van der Waals surface area contributed by atoms with Gasteiger partial charge in [0.2, 0.25) is 0 Å². The van der Waals surface area contributed by atoms with E-state index in [1.165, 1.54) is 22.6 Å². The van der Waals surface area contributed by atoms with Crippen molar-refractivity contribution >= 4 is 62.6 Å². The number of nitrogens with zero attached hydrogens (tertiary/aromatic N) is 4. The van der Waals surface area contributed by atoms with E-state index in [-0.39, 0.29) is 18.4 Å². The Morgan fingerprint density at radius 3 is 2.26 bits per heavy atom. The summed E-state index contributed by atoms with van der Waals surface area (Å²) in [6, 6.07) is 19.9. The maximum absolute atomic E-state index is 12.7. The second-order valence-electron chi connectivity index (χ2n) is 9.64. The van der Waals surface area contributed by atoms with Crippen LogP contribution in [0.2, 0.25) is 0 Å². The minimum Gasteiger partial charge on any atom is -0.475 e. The molecule has 12 nitrogen and oxygen atoms in total. The first kappa shape index (κ1) is 31.5. The lowest BCUT2D eigenvalue weighted by molar-refractivity contribution is -0.192. The maximum atomic E-state index is 12.7. The van der Waals surface area contributed by atoms with Gasteiger partial charge in [0, 0.05) is 28.7 Å². The van der Waals surface area contributed by atoms with E-state index in [0.717, 1.165) is 16.1 Å². The molecule has 46 heavy (non-hydrogen) atoms. The number of para-hydroxylation sites is 1. The minimum atomic E-state index is -5.08. The number of imide groups is 1. The Morgan fingerprint density at radius 1 is 0.935 bits per heavy atom. The highest BCUT2D eigenvalue weighted by molar-refractivity contribution is 7.15. The van der Waals surface area contributed by atoms with E-state index in [1.807, 2.05) is 30.3 Å². The molecule has 0 saturated heterocycles. The van der Waals surface area contributed by atoms with Crippen LogP contribution in [0.25, 0.3) is 10.9 Å². The van der Waals surface area contributed by atoms with Crippen molar-refractivity contribution in [3.8, 4) is 0 Å². The Labute approximate surface area is 261 Å². The van der Waals surface area contributed by atoms with Crippen LogP contribution in [-0.4, -0.2) is 54.8 Å². The number of anilines is 3. The number of benzene rings is 3. The van der Waals surface area contributed by atoms with Gasteiger partial charge < -0.3 is 21.5 Å². The van der Waals surface area contributed by atoms with Gasteiger partial charge in [0.05, 0.1) is 28.8 Å². The van der Waals surface area contributed by atoms with Gasteiger partial charge in [-0.3, -0.25) is 19.3 Å². The number of amides is 3. The number of aromatic nitrogens is 3. The topological polar surface area (TPSA) is 180 Å². The molecule has 234 valence electrons. The second kappa shape index (κ2) is 13.0. The highest BCUT2D eigenvalue weighted by Crippen LogP contribution is 2.29. The molecule has 1 aliphatic heterocycles. The van der Waals surface area contributed by atoms with E-state index in [1.54, 1.807) is 42.6 Å². The fourth-order valence-corrected chi connectivity index (χ4v) is 5.29. The highest BCUT2D eigenvalue weighted by Gasteiger charge is 2.38. The molecule has 3 aromatic carbocycles. The van der Waals surface area contributed by atoms with Gasteiger partial charge in [0.1, 0.15) is 12.1 Å². The first-order valence-corrected chi connectivity index (χ1v) is 14.1. The maximum Gasteiger partial charge on any atom is 0.490 e. The third-order valence-corrected chi connectivity index (χ3v) is 7.45. The molecule has 2 aromatic heterocycles. The van der Waals surface area contributed by atoms with Gasteiger partial charge in [-0.05, 0) is 42.0 Å². The summed E-state index contributed by atoms with van der Waals surface area (Å²) < 4.78 is 31.7. The third-order valence-electron chi connectivity index (χ3n) is 6.56. The average molecular weight is 650 g/mol. The van der Waals surface area contributed by atoms with Crippen molar-refractivity contribution in [2.24, 2.45) is 5.73 Å². The van der Waals surface area contributed by atoms with E-state index < -0.39 is 18.1 Å². The Balaban J connectivity index is 0.000000537. The molecule has 5 aromatic rings. The number of thiazole rings is 1. The predicted octanol–water partition coefficient (Wildman–Crippen LogP) is 4.97.